The highest BCUT2D eigenvalue weighted by molar-refractivity contribution is 5.78. The molecule has 0 aromatic heterocycles. The molecule has 0 radical (unpaired) electrons. The van der Waals surface area contributed by atoms with E-state index in [9.17, 15) is 9.50 Å². The molecule has 0 saturated heterocycles. The van der Waals surface area contributed by atoms with E-state index in [-0.39, 0.29) is 12.4 Å². The van der Waals surface area contributed by atoms with Crippen molar-refractivity contribution in [2.24, 2.45) is 10.7 Å². The van der Waals surface area contributed by atoms with E-state index in [1.807, 2.05) is 11.9 Å². The summed E-state index contributed by atoms with van der Waals surface area (Å²) in [6.45, 7) is 0.189. The Hall–Kier alpha value is -1.62. The van der Waals surface area contributed by atoms with Crippen LogP contribution in [0.1, 0.15) is 24.5 Å². The Balaban J connectivity index is 1.92. The lowest BCUT2D eigenvalue weighted by atomic mass is 10.1. The van der Waals surface area contributed by atoms with Crippen molar-refractivity contribution in [2.75, 3.05) is 13.6 Å². The quantitative estimate of drug-likeness (QED) is 0.625. The van der Waals surface area contributed by atoms with Crippen molar-refractivity contribution in [3.05, 3.63) is 35.6 Å². The summed E-state index contributed by atoms with van der Waals surface area (Å²) < 4.78 is 12.7. The van der Waals surface area contributed by atoms with Gasteiger partial charge in [-0.25, -0.2) is 4.39 Å². The van der Waals surface area contributed by atoms with Crippen molar-refractivity contribution >= 4 is 5.96 Å². The van der Waals surface area contributed by atoms with Crippen LogP contribution < -0.4 is 5.73 Å². The average Bonchev–Trinajstić information content (AvgIpc) is 3.19. The van der Waals surface area contributed by atoms with Gasteiger partial charge in [-0.1, -0.05) is 12.1 Å². The number of rotatable bonds is 4. The van der Waals surface area contributed by atoms with Crippen LogP contribution >= 0.6 is 0 Å². The van der Waals surface area contributed by atoms with E-state index in [1.54, 1.807) is 12.1 Å². The van der Waals surface area contributed by atoms with Crippen LogP contribution in [0, 0.1) is 5.82 Å². The molecule has 4 nitrogen and oxygen atoms in total. The van der Waals surface area contributed by atoms with Gasteiger partial charge >= 0.3 is 0 Å². The van der Waals surface area contributed by atoms with Crippen molar-refractivity contribution < 1.29 is 9.50 Å². The van der Waals surface area contributed by atoms with E-state index in [0.717, 1.165) is 12.8 Å². The van der Waals surface area contributed by atoms with E-state index in [4.69, 9.17) is 5.73 Å². The van der Waals surface area contributed by atoms with Crippen LogP contribution in [-0.4, -0.2) is 35.6 Å². The smallest absolute Gasteiger partial charge is 0.191 e. The summed E-state index contributed by atoms with van der Waals surface area (Å²) in [5.74, 6) is 0.126. The maximum atomic E-state index is 12.7. The maximum absolute atomic E-state index is 12.7. The summed E-state index contributed by atoms with van der Waals surface area (Å²) in [4.78, 5) is 6.09. The molecule has 1 aromatic rings. The summed E-state index contributed by atoms with van der Waals surface area (Å²) in [6, 6.07) is 6.24. The second-order valence-electron chi connectivity index (χ2n) is 4.61. The monoisotopic (exact) mass is 251 g/mol. The molecule has 0 aliphatic heterocycles. The minimum atomic E-state index is -0.753. The lowest BCUT2D eigenvalue weighted by Crippen LogP contribution is -2.36. The van der Waals surface area contributed by atoms with E-state index >= 15 is 0 Å². The minimum Gasteiger partial charge on any atom is -0.386 e. The van der Waals surface area contributed by atoms with Crippen LogP contribution in [-0.2, 0) is 0 Å². The number of hydrogen-bond acceptors (Lipinski definition) is 2. The Morgan fingerprint density at radius 2 is 2.11 bits per heavy atom. The van der Waals surface area contributed by atoms with Crippen LogP contribution in [0.15, 0.2) is 29.3 Å². The minimum absolute atomic E-state index is 0.189. The number of nitrogens with two attached hydrogens (primary N) is 1. The number of halogens is 1. The van der Waals surface area contributed by atoms with Crippen molar-refractivity contribution in [3.8, 4) is 0 Å². The van der Waals surface area contributed by atoms with Crippen LogP contribution in [0.3, 0.4) is 0 Å². The molecule has 2 rings (SSSR count). The van der Waals surface area contributed by atoms with Gasteiger partial charge in [-0.2, -0.15) is 0 Å². The number of aliphatic hydroxyl groups is 1. The first kappa shape index (κ1) is 12.8. The van der Waals surface area contributed by atoms with Crippen LogP contribution in [0.4, 0.5) is 4.39 Å². The molecule has 98 valence electrons. The molecule has 1 aromatic carbocycles. The first-order chi connectivity index (χ1) is 8.58. The molecular weight excluding hydrogens is 233 g/mol. The van der Waals surface area contributed by atoms with Crippen molar-refractivity contribution in [2.45, 2.75) is 25.0 Å². The van der Waals surface area contributed by atoms with E-state index in [1.165, 1.54) is 12.1 Å². The topological polar surface area (TPSA) is 61.8 Å². The van der Waals surface area contributed by atoms with E-state index < -0.39 is 6.10 Å². The summed E-state index contributed by atoms with van der Waals surface area (Å²) in [6.07, 6.45) is 1.54. The fourth-order valence-corrected chi connectivity index (χ4v) is 1.73. The summed E-state index contributed by atoms with van der Waals surface area (Å²) in [5.41, 5.74) is 6.45. The third-order valence-corrected chi connectivity index (χ3v) is 3.14. The van der Waals surface area contributed by atoms with Gasteiger partial charge < -0.3 is 15.7 Å². The second-order valence-corrected chi connectivity index (χ2v) is 4.61. The molecule has 1 atom stereocenters. The zero-order valence-corrected chi connectivity index (χ0v) is 10.4. The van der Waals surface area contributed by atoms with Gasteiger partial charge in [-0.15, -0.1) is 0 Å². The molecule has 0 spiro atoms. The predicted molar refractivity (Wildman–Crippen MR) is 68.6 cm³/mol. The number of aliphatic imine (C=N–C) groups is 1. The van der Waals surface area contributed by atoms with Gasteiger partial charge in [0.15, 0.2) is 5.96 Å². The first-order valence-corrected chi connectivity index (χ1v) is 6.04. The fourth-order valence-electron chi connectivity index (χ4n) is 1.73. The number of guanidine groups is 1. The van der Waals surface area contributed by atoms with Crippen LogP contribution in [0.5, 0.6) is 0 Å². The highest BCUT2D eigenvalue weighted by Gasteiger charge is 2.27. The summed E-state index contributed by atoms with van der Waals surface area (Å²) in [5, 5.41) is 9.89. The maximum Gasteiger partial charge on any atom is 0.191 e. The Morgan fingerprint density at radius 1 is 1.50 bits per heavy atom. The van der Waals surface area contributed by atoms with Gasteiger partial charge in [0.1, 0.15) is 5.82 Å². The molecule has 1 aliphatic rings. The molecule has 18 heavy (non-hydrogen) atoms. The van der Waals surface area contributed by atoms with Crippen LogP contribution in [0.25, 0.3) is 0 Å². The molecule has 1 unspecified atom stereocenters. The normalized spacial score (nSPS) is 17.6. The molecule has 1 fully saturated rings. The highest BCUT2D eigenvalue weighted by Crippen LogP contribution is 2.25. The molecule has 0 heterocycles. The Kier molecular flexibility index (Phi) is 3.81. The lowest BCUT2D eigenvalue weighted by Gasteiger charge is -2.17. The molecule has 3 N–H and O–H groups in total. The first-order valence-electron chi connectivity index (χ1n) is 6.04. The molecule has 0 amide bonds. The predicted octanol–water partition coefficient (Wildman–Crippen LogP) is 1.27. The van der Waals surface area contributed by atoms with Gasteiger partial charge in [-0.05, 0) is 30.5 Å². The zero-order chi connectivity index (χ0) is 13.1. The zero-order valence-electron chi connectivity index (χ0n) is 10.4. The van der Waals surface area contributed by atoms with Crippen molar-refractivity contribution in [1.29, 1.82) is 0 Å². The van der Waals surface area contributed by atoms with Gasteiger partial charge in [0, 0.05) is 13.1 Å². The number of aliphatic hydroxyl groups excluding tert-OH is 1. The van der Waals surface area contributed by atoms with Crippen molar-refractivity contribution in [1.82, 2.24) is 4.90 Å². The summed E-state index contributed by atoms with van der Waals surface area (Å²) >= 11 is 0. The standard InChI is InChI=1S/C13H18FN3O/c1-17(11-6-7-11)13(15)16-8-12(18)9-2-4-10(14)5-3-9/h2-5,11-12,18H,6-8H2,1H3,(H2,15,16). The number of nitrogens with zero attached hydrogens (tertiary/aromatic N) is 2. The molecular formula is C13H18FN3O. The molecule has 1 saturated carbocycles. The van der Waals surface area contributed by atoms with Crippen LogP contribution in [0.2, 0.25) is 0 Å². The SMILES string of the molecule is CN(C(N)=NCC(O)c1ccc(F)cc1)C1CC1. The van der Waals surface area contributed by atoms with Gasteiger partial charge in [0.25, 0.3) is 0 Å². The third-order valence-electron chi connectivity index (χ3n) is 3.14. The summed E-state index contributed by atoms with van der Waals surface area (Å²) in [7, 11) is 1.90. The van der Waals surface area contributed by atoms with Crippen molar-refractivity contribution in [3.63, 3.8) is 0 Å². The van der Waals surface area contributed by atoms with Gasteiger partial charge in [0.2, 0.25) is 0 Å². The number of hydrogen-bond donors (Lipinski definition) is 2. The Bertz CT molecular complexity index is 428. The Labute approximate surface area is 106 Å². The van der Waals surface area contributed by atoms with E-state index in [0.29, 0.717) is 17.6 Å². The van der Waals surface area contributed by atoms with Gasteiger partial charge in [0.05, 0.1) is 12.6 Å². The largest absolute Gasteiger partial charge is 0.386 e. The lowest BCUT2D eigenvalue weighted by molar-refractivity contribution is 0.186. The number of benzene rings is 1. The average molecular weight is 251 g/mol. The van der Waals surface area contributed by atoms with Gasteiger partial charge in [-0.3, -0.25) is 4.99 Å². The highest BCUT2D eigenvalue weighted by atomic mass is 19.1. The Morgan fingerprint density at radius 3 is 2.67 bits per heavy atom. The molecule has 1 aliphatic carbocycles. The molecule has 5 heteroatoms. The van der Waals surface area contributed by atoms with E-state index in [2.05, 4.69) is 4.99 Å². The third kappa shape index (κ3) is 3.20. The fraction of sp³-hybridized carbons (Fsp3) is 0.462. The molecule has 0 bridgehead atoms. The second kappa shape index (κ2) is 5.35.